The monoisotopic (exact) mass is 255 g/mol. The zero-order valence-electron chi connectivity index (χ0n) is 9.15. The fourth-order valence-electron chi connectivity index (χ4n) is 1.28. The van der Waals surface area contributed by atoms with Crippen LogP contribution >= 0.6 is 11.6 Å². The van der Waals surface area contributed by atoms with Gasteiger partial charge in [-0.3, -0.25) is 0 Å². The number of rotatable bonds is 4. The van der Waals surface area contributed by atoms with Gasteiger partial charge in [-0.05, 0) is 13.0 Å². The van der Waals surface area contributed by atoms with E-state index in [2.05, 4.69) is 15.5 Å². The minimum atomic E-state index is -0.341. The maximum Gasteiger partial charge on any atom is 0.315 e. The summed E-state index contributed by atoms with van der Waals surface area (Å²) in [4.78, 5) is 0. The fraction of sp³-hybridized carbons (Fsp3) is 0.273. The molecule has 1 N–H and O–H groups in total. The molecular weight excluding hydrogens is 245 g/mol. The lowest BCUT2D eigenvalue weighted by Gasteiger charge is -2.02. The molecule has 90 valence electrons. The second kappa shape index (κ2) is 5.14. The van der Waals surface area contributed by atoms with Crippen LogP contribution in [0.5, 0.6) is 0 Å². The molecular formula is C11H11ClFN3O. The molecule has 0 bridgehead atoms. The Kier molecular flexibility index (Phi) is 3.58. The topological polar surface area (TPSA) is 51.0 Å². The molecule has 0 radical (unpaired) electrons. The number of hydrogen-bond donors (Lipinski definition) is 1. The lowest BCUT2D eigenvalue weighted by Crippen LogP contribution is -2.01. The van der Waals surface area contributed by atoms with Crippen molar-refractivity contribution in [3.8, 4) is 0 Å². The Labute approximate surface area is 103 Å². The molecule has 1 aromatic heterocycles. The fourth-order valence-corrected chi connectivity index (χ4v) is 1.37. The van der Waals surface area contributed by atoms with Crippen molar-refractivity contribution in [2.75, 3.05) is 5.32 Å². The summed E-state index contributed by atoms with van der Waals surface area (Å²) < 4.78 is 18.5. The molecule has 1 unspecified atom stereocenters. The van der Waals surface area contributed by atoms with Gasteiger partial charge in [0.05, 0.1) is 0 Å². The van der Waals surface area contributed by atoms with Crippen LogP contribution in [0.15, 0.2) is 28.7 Å². The summed E-state index contributed by atoms with van der Waals surface area (Å²) in [5.41, 5.74) is 0.533. The Morgan fingerprint density at radius 2 is 2.18 bits per heavy atom. The highest BCUT2D eigenvalue weighted by molar-refractivity contribution is 6.20. The van der Waals surface area contributed by atoms with Crippen LogP contribution in [0.25, 0.3) is 0 Å². The van der Waals surface area contributed by atoms with Gasteiger partial charge in [-0.1, -0.05) is 23.3 Å². The summed E-state index contributed by atoms with van der Waals surface area (Å²) in [6.07, 6.45) is 0. The summed E-state index contributed by atoms with van der Waals surface area (Å²) >= 11 is 5.77. The Morgan fingerprint density at radius 1 is 1.41 bits per heavy atom. The summed E-state index contributed by atoms with van der Waals surface area (Å²) in [6.45, 7) is 2.01. The van der Waals surface area contributed by atoms with E-state index in [1.54, 1.807) is 25.1 Å². The van der Waals surface area contributed by atoms with E-state index in [-0.39, 0.29) is 23.8 Å². The molecule has 0 spiro atoms. The van der Waals surface area contributed by atoms with E-state index >= 15 is 0 Å². The number of hydrogen-bond acceptors (Lipinski definition) is 4. The van der Waals surface area contributed by atoms with E-state index in [0.717, 1.165) is 0 Å². The number of halogens is 2. The molecule has 0 saturated carbocycles. The normalized spacial score (nSPS) is 12.4. The van der Waals surface area contributed by atoms with Gasteiger partial charge in [0.15, 0.2) is 0 Å². The highest BCUT2D eigenvalue weighted by atomic mass is 35.5. The van der Waals surface area contributed by atoms with Crippen molar-refractivity contribution in [2.24, 2.45) is 0 Å². The lowest BCUT2D eigenvalue weighted by atomic mass is 10.2. The van der Waals surface area contributed by atoms with Crippen molar-refractivity contribution in [3.63, 3.8) is 0 Å². The van der Waals surface area contributed by atoms with E-state index in [9.17, 15) is 4.39 Å². The maximum atomic E-state index is 13.3. The van der Waals surface area contributed by atoms with Crippen LogP contribution in [0.2, 0.25) is 0 Å². The molecule has 0 aliphatic rings. The van der Waals surface area contributed by atoms with Crippen LogP contribution < -0.4 is 5.32 Å². The smallest absolute Gasteiger partial charge is 0.315 e. The van der Waals surface area contributed by atoms with Crippen LogP contribution in [-0.2, 0) is 6.54 Å². The second-order valence-corrected chi connectivity index (χ2v) is 4.16. The molecule has 1 heterocycles. The quantitative estimate of drug-likeness (QED) is 0.853. The predicted molar refractivity (Wildman–Crippen MR) is 62.3 cm³/mol. The predicted octanol–water partition coefficient (Wildman–Crippen LogP) is 3.12. The first kappa shape index (κ1) is 11.9. The number of alkyl halides is 1. The molecule has 1 aromatic carbocycles. The van der Waals surface area contributed by atoms with Gasteiger partial charge in [0.2, 0.25) is 5.89 Å². The van der Waals surface area contributed by atoms with Gasteiger partial charge in [0, 0.05) is 12.1 Å². The second-order valence-electron chi connectivity index (χ2n) is 3.51. The standard InChI is InChI=1S/C11H11ClFN3O/c1-7(12)10-15-16-11(17-10)14-6-8-4-2-3-5-9(8)13/h2-5,7H,6H2,1H3,(H,14,16). The zero-order valence-corrected chi connectivity index (χ0v) is 9.91. The largest absolute Gasteiger partial charge is 0.406 e. The molecule has 4 nitrogen and oxygen atoms in total. The Bertz CT molecular complexity index is 501. The molecule has 1 atom stereocenters. The molecule has 0 amide bonds. The molecule has 0 fully saturated rings. The molecule has 0 saturated heterocycles. The number of aromatic nitrogens is 2. The van der Waals surface area contributed by atoms with Crippen molar-refractivity contribution in [1.29, 1.82) is 0 Å². The van der Waals surface area contributed by atoms with Gasteiger partial charge in [-0.15, -0.1) is 16.7 Å². The first-order chi connectivity index (χ1) is 8.16. The first-order valence-electron chi connectivity index (χ1n) is 5.11. The van der Waals surface area contributed by atoms with E-state index in [1.807, 2.05) is 0 Å². The molecule has 2 aromatic rings. The molecule has 6 heteroatoms. The highest BCUT2D eigenvalue weighted by Gasteiger charge is 2.11. The van der Waals surface area contributed by atoms with E-state index < -0.39 is 0 Å². The van der Waals surface area contributed by atoms with Gasteiger partial charge in [0.25, 0.3) is 0 Å². The van der Waals surface area contributed by atoms with Gasteiger partial charge in [0.1, 0.15) is 11.2 Å². The summed E-state index contributed by atoms with van der Waals surface area (Å²) in [5, 5.41) is 9.99. The average molecular weight is 256 g/mol. The molecule has 0 aliphatic carbocycles. The highest BCUT2D eigenvalue weighted by Crippen LogP contribution is 2.19. The van der Waals surface area contributed by atoms with Crippen molar-refractivity contribution < 1.29 is 8.81 Å². The van der Waals surface area contributed by atoms with Crippen molar-refractivity contribution >= 4 is 17.6 Å². The molecule has 17 heavy (non-hydrogen) atoms. The van der Waals surface area contributed by atoms with Gasteiger partial charge >= 0.3 is 6.01 Å². The van der Waals surface area contributed by atoms with Gasteiger partial charge < -0.3 is 9.73 Å². The third kappa shape index (κ3) is 2.94. The van der Waals surface area contributed by atoms with Gasteiger partial charge in [-0.25, -0.2) is 4.39 Å². The van der Waals surface area contributed by atoms with Gasteiger partial charge in [-0.2, -0.15) is 0 Å². The summed E-state index contributed by atoms with van der Waals surface area (Å²) in [6, 6.07) is 6.72. The number of nitrogens with one attached hydrogen (secondary N) is 1. The number of nitrogens with zero attached hydrogens (tertiary/aromatic N) is 2. The molecule has 0 aliphatic heterocycles. The SMILES string of the molecule is CC(Cl)c1nnc(NCc2ccccc2F)o1. The maximum absolute atomic E-state index is 13.3. The van der Waals surface area contributed by atoms with Crippen LogP contribution in [-0.4, -0.2) is 10.2 Å². The lowest BCUT2D eigenvalue weighted by molar-refractivity contribution is 0.505. The van der Waals surface area contributed by atoms with E-state index in [4.69, 9.17) is 16.0 Å². The third-order valence-electron chi connectivity index (χ3n) is 2.17. The van der Waals surface area contributed by atoms with E-state index in [1.165, 1.54) is 6.07 Å². The zero-order chi connectivity index (χ0) is 12.3. The molecule has 2 rings (SSSR count). The Hall–Kier alpha value is -1.62. The Morgan fingerprint density at radius 3 is 2.82 bits per heavy atom. The van der Waals surface area contributed by atoms with Crippen LogP contribution in [0.3, 0.4) is 0 Å². The minimum absolute atomic E-state index is 0.232. The average Bonchev–Trinajstić information content (AvgIpc) is 2.77. The van der Waals surface area contributed by atoms with Crippen molar-refractivity contribution in [3.05, 3.63) is 41.5 Å². The summed E-state index contributed by atoms with van der Waals surface area (Å²) in [5.74, 6) is 0.0631. The number of benzene rings is 1. The van der Waals surface area contributed by atoms with Crippen LogP contribution in [0, 0.1) is 5.82 Å². The minimum Gasteiger partial charge on any atom is -0.406 e. The van der Waals surface area contributed by atoms with E-state index in [0.29, 0.717) is 11.5 Å². The summed E-state index contributed by atoms with van der Waals surface area (Å²) in [7, 11) is 0. The third-order valence-corrected chi connectivity index (χ3v) is 2.36. The van der Waals surface area contributed by atoms with Crippen molar-refractivity contribution in [1.82, 2.24) is 10.2 Å². The number of anilines is 1. The van der Waals surface area contributed by atoms with Crippen molar-refractivity contribution in [2.45, 2.75) is 18.8 Å². The Balaban J connectivity index is 2.00. The first-order valence-corrected chi connectivity index (χ1v) is 5.55. The van der Waals surface area contributed by atoms with Crippen LogP contribution in [0.4, 0.5) is 10.4 Å². The van der Waals surface area contributed by atoms with Crippen LogP contribution in [0.1, 0.15) is 23.8 Å².